The van der Waals surface area contributed by atoms with E-state index in [1.165, 1.54) is 0 Å². The Kier molecular flexibility index (Phi) is 9.08. The molecule has 0 aromatic heterocycles. The second kappa shape index (κ2) is 9.86. The molecule has 0 heterocycles. The summed E-state index contributed by atoms with van der Waals surface area (Å²) in [5.74, 6) is -0.0359. The monoisotopic (exact) mass is 247 g/mol. The number of ether oxygens (including phenoxy) is 2. The van der Waals surface area contributed by atoms with E-state index in [1.54, 1.807) is 12.0 Å². The SMILES string of the molecule is CCOCC(=O)N(CCOC)CCC(N)=NO. The van der Waals surface area contributed by atoms with Crippen LogP contribution in [0.3, 0.4) is 0 Å². The molecule has 0 bridgehead atoms. The largest absolute Gasteiger partial charge is 0.409 e. The number of amides is 1. The van der Waals surface area contributed by atoms with Crippen LogP contribution in [0.25, 0.3) is 0 Å². The number of amidine groups is 1. The number of hydrogen-bond donors (Lipinski definition) is 2. The highest BCUT2D eigenvalue weighted by atomic mass is 16.5. The zero-order valence-electron chi connectivity index (χ0n) is 10.4. The summed E-state index contributed by atoms with van der Waals surface area (Å²) in [5, 5.41) is 11.3. The number of nitrogens with two attached hydrogens (primary N) is 1. The summed E-state index contributed by atoms with van der Waals surface area (Å²) >= 11 is 0. The summed E-state index contributed by atoms with van der Waals surface area (Å²) in [6.45, 7) is 3.63. The first-order valence-electron chi connectivity index (χ1n) is 5.46. The minimum Gasteiger partial charge on any atom is -0.409 e. The Hall–Kier alpha value is -1.34. The van der Waals surface area contributed by atoms with Crippen molar-refractivity contribution in [2.45, 2.75) is 13.3 Å². The molecule has 1 amide bonds. The van der Waals surface area contributed by atoms with E-state index in [2.05, 4.69) is 5.16 Å². The highest BCUT2D eigenvalue weighted by Gasteiger charge is 2.13. The molecule has 7 nitrogen and oxygen atoms in total. The van der Waals surface area contributed by atoms with Gasteiger partial charge < -0.3 is 25.3 Å². The second-order valence-corrected chi connectivity index (χ2v) is 3.35. The van der Waals surface area contributed by atoms with E-state index in [0.29, 0.717) is 32.7 Å². The van der Waals surface area contributed by atoms with Gasteiger partial charge in [0.1, 0.15) is 12.4 Å². The van der Waals surface area contributed by atoms with Crippen LogP contribution >= 0.6 is 0 Å². The lowest BCUT2D eigenvalue weighted by molar-refractivity contribution is -0.136. The summed E-state index contributed by atoms with van der Waals surface area (Å²) in [6.07, 6.45) is 0.318. The molecule has 0 radical (unpaired) electrons. The molecular weight excluding hydrogens is 226 g/mol. The van der Waals surface area contributed by atoms with Crippen molar-refractivity contribution in [3.63, 3.8) is 0 Å². The third-order valence-corrected chi connectivity index (χ3v) is 2.11. The van der Waals surface area contributed by atoms with Gasteiger partial charge in [-0.25, -0.2) is 0 Å². The van der Waals surface area contributed by atoms with Crippen molar-refractivity contribution in [2.24, 2.45) is 10.9 Å². The predicted molar refractivity (Wildman–Crippen MR) is 63.0 cm³/mol. The quantitative estimate of drug-likeness (QED) is 0.251. The van der Waals surface area contributed by atoms with Gasteiger partial charge in [0.15, 0.2) is 0 Å². The lowest BCUT2D eigenvalue weighted by Crippen LogP contribution is -2.38. The predicted octanol–water partition coefficient (Wildman–Crippen LogP) is -0.366. The summed E-state index contributed by atoms with van der Waals surface area (Å²) in [7, 11) is 1.56. The summed E-state index contributed by atoms with van der Waals surface area (Å²) in [4.78, 5) is 13.3. The van der Waals surface area contributed by atoms with E-state index >= 15 is 0 Å². The maximum absolute atomic E-state index is 11.7. The normalized spacial score (nSPS) is 11.5. The van der Waals surface area contributed by atoms with Gasteiger partial charge >= 0.3 is 0 Å². The molecule has 0 atom stereocenters. The molecular formula is C10H21N3O4. The molecule has 100 valence electrons. The molecule has 0 spiro atoms. The molecule has 7 heteroatoms. The molecule has 0 unspecified atom stereocenters. The van der Waals surface area contributed by atoms with Gasteiger partial charge in [-0.2, -0.15) is 0 Å². The van der Waals surface area contributed by atoms with E-state index in [1.807, 2.05) is 6.92 Å². The van der Waals surface area contributed by atoms with Crippen molar-refractivity contribution in [1.82, 2.24) is 4.90 Å². The van der Waals surface area contributed by atoms with Crippen LogP contribution in [0.2, 0.25) is 0 Å². The zero-order chi connectivity index (χ0) is 13.1. The first kappa shape index (κ1) is 15.7. The van der Waals surface area contributed by atoms with Crippen LogP contribution in [0, 0.1) is 0 Å². The number of methoxy groups -OCH3 is 1. The minimum atomic E-state index is -0.130. The van der Waals surface area contributed by atoms with Crippen LogP contribution in [0.5, 0.6) is 0 Å². The van der Waals surface area contributed by atoms with Crippen LogP contribution in [-0.4, -0.2) is 61.9 Å². The van der Waals surface area contributed by atoms with E-state index in [-0.39, 0.29) is 18.3 Å². The van der Waals surface area contributed by atoms with Crippen LogP contribution < -0.4 is 5.73 Å². The van der Waals surface area contributed by atoms with Gasteiger partial charge in [0.2, 0.25) is 5.91 Å². The average molecular weight is 247 g/mol. The van der Waals surface area contributed by atoms with Gasteiger partial charge in [-0.15, -0.1) is 0 Å². The number of rotatable bonds is 9. The third-order valence-electron chi connectivity index (χ3n) is 2.11. The van der Waals surface area contributed by atoms with Crippen molar-refractivity contribution in [3.05, 3.63) is 0 Å². The Morgan fingerprint density at radius 2 is 2.18 bits per heavy atom. The first-order chi connectivity index (χ1) is 8.15. The second-order valence-electron chi connectivity index (χ2n) is 3.35. The van der Waals surface area contributed by atoms with E-state index < -0.39 is 0 Å². The highest BCUT2D eigenvalue weighted by Crippen LogP contribution is 1.95. The molecule has 0 rings (SSSR count). The standard InChI is InChI=1S/C10H21N3O4/c1-3-17-8-10(14)13(6-7-16-2)5-4-9(11)12-15/h15H,3-8H2,1-2H3,(H2,11,12). The van der Waals surface area contributed by atoms with Crippen molar-refractivity contribution in [3.8, 4) is 0 Å². The van der Waals surface area contributed by atoms with E-state index in [9.17, 15) is 4.79 Å². The van der Waals surface area contributed by atoms with Gasteiger partial charge in [0.05, 0.1) is 6.61 Å². The van der Waals surface area contributed by atoms with Gasteiger partial charge in [-0.3, -0.25) is 4.79 Å². The number of hydrogen-bond acceptors (Lipinski definition) is 5. The fourth-order valence-corrected chi connectivity index (χ4v) is 1.14. The van der Waals surface area contributed by atoms with Gasteiger partial charge in [0, 0.05) is 33.2 Å². The number of nitrogens with zero attached hydrogens (tertiary/aromatic N) is 2. The maximum atomic E-state index is 11.7. The Bertz CT molecular complexity index is 246. The topological polar surface area (TPSA) is 97.4 Å². The molecule has 0 saturated carbocycles. The van der Waals surface area contributed by atoms with Crippen LogP contribution in [0.15, 0.2) is 5.16 Å². The molecule has 0 aliphatic carbocycles. The van der Waals surface area contributed by atoms with Crippen LogP contribution in [0.1, 0.15) is 13.3 Å². The van der Waals surface area contributed by atoms with Crippen molar-refractivity contribution >= 4 is 11.7 Å². The van der Waals surface area contributed by atoms with Crippen molar-refractivity contribution < 1.29 is 19.5 Å². The Morgan fingerprint density at radius 1 is 1.47 bits per heavy atom. The molecule has 17 heavy (non-hydrogen) atoms. The minimum absolute atomic E-state index is 0.0381. The summed E-state index contributed by atoms with van der Waals surface area (Å²) in [5.41, 5.74) is 5.35. The maximum Gasteiger partial charge on any atom is 0.248 e. The van der Waals surface area contributed by atoms with E-state index in [4.69, 9.17) is 20.4 Å². The molecule has 0 fully saturated rings. The molecule has 0 aliphatic heterocycles. The fraction of sp³-hybridized carbons (Fsp3) is 0.800. The Labute approximate surface area is 101 Å². The van der Waals surface area contributed by atoms with Crippen molar-refractivity contribution in [2.75, 3.05) is 40.0 Å². The average Bonchev–Trinajstić information content (AvgIpc) is 2.35. The van der Waals surface area contributed by atoms with Crippen LogP contribution in [0.4, 0.5) is 0 Å². The third kappa shape index (κ3) is 7.53. The Morgan fingerprint density at radius 3 is 2.71 bits per heavy atom. The van der Waals surface area contributed by atoms with Gasteiger partial charge in [-0.1, -0.05) is 5.16 Å². The lowest BCUT2D eigenvalue weighted by Gasteiger charge is -2.21. The summed E-state index contributed by atoms with van der Waals surface area (Å²) in [6, 6.07) is 0. The van der Waals surface area contributed by atoms with E-state index in [0.717, 1.165) is 0 Å². The molecule has 3 N–H and O–H groups in total. The summed E-state index contributed by atoms with van der Waals surface area (Å²) < 4.78 is 9.96. The Balaban J connectivity index is 4.16. The lowest BCUT2D eigenvalue weighted by atomic mass is 10.3. The molecule has 0 aromatic carbocycles. The number of carbonyl (C=O) groups is 1. The first-order valence-corrected chi connectivity index (χ1v) is 5.46. The number of carbonyl (C=O) groups excluding carboxylic acids is 1. The fourth-order valence-electron chi connectivity index (χ4n) is 1.14. The molecule has 0 aliphatic rings. The highest BCUT2D eigenvalue weighted by molar-refractivity contribution is 5.81. The smallest absolute Gasteiger partial charge is 0.248 e. The molecule has 0 saturated heterocycles. The van der Waals surface area contributed by atoms with Crippen LogP contribution in [-0.2, 0) is 14.3 Å². The zero-order valence-corrected chi connectivity index (χ0v) is 10.4. The van der Waals surface area contributed by atoms with Crippen molar-refractivity contribution in [1.29, 1.82) is 0 Å². The number of oxime groups is 1. The molecule has 0 aromatic rings. The van der Waals surface area contributed by atoms with Gasteiger partial charge in [0.25, 0.3) is 0 Å². The van der Waals surface area contributed by atoms with Gasteiger partial charge in [-0.05, 0) is 6.92 Å².